The van der Waals surface area contributed by atoms with Crippen molar-refractivity contribution in [2.45, 2.75) is 6.54 Å². The zero-order valence-corrected chi connectivity index (χ0v) is 19.3. The van der Waals surface area contributed by atoms with Crippen molar-refractivity contribution in [2.75, 3.05) is 26.2 Å². The van der Waals surface area contributed by atoms with E-state index < -0.39 is 0 Å². The van der Waals surface area contributed by atoms with Gasteiger partial charge < -0.3 is 4.90 Å². The third-order valence-electron chi connectivity index (χ3n) is 6.06. The van der Waals surface area contributed by atoms with Crippen LogP contribution < -0.4 is 0 Å². The molecule has 7 heteroatoms. The minimum Gasteiger partial charge on any atom is -0.335 e. The van der Waals surface area contributed by atoms with E-state index in [0.29, 0.717) is 35.2 Å². The number of benzene rings is 3. The molecular formula is C27H24ClFN4O. The topological polar surface area (TPSA) is 41.4 Å². The number of piperazine rings is 1. The van der Waals surface area contributed by atoms with Crippen LogP contribution in [0.4, 0.5) is 4.39 Å². The van der Waals surface area contributed by atoms with Gasteiger partial charge in [-0.2, -0.15) is 5.10 Å². The van der Waals surface area contributed by atoms with Crippen molar-refractivity contribution in [3.05, 3.63) is 107 Å². The van der Waals surface area contributed by atoms with Crippen LogP contribution in [0.2, 0.25) is 5.02 Å². The fourth-order valence-corrected chi connectivity index (χ4v) is 4.46. The molecule has 1 saturated heterocycles. The smallest absolute Gasteiger partial charge is 0.272 e. The minimum absolute atomic E-state index is 0.102. The van der Waals surface area contributed by atoms with Crippen molar-refractivity contribution in [1.29, 1.82) is 0 Å². The van der Waals surface area contributed by atoms with Gasteiger partial charge in [-0.3, -0.25) is 9.69 Å². The predicted molar refractivity (Wildman–Crippen MR) is 132 cm³/mol. The lowest BCUT2D eigenvalue weighted by atomic mass is 10.1. The first-order valence-electron chi connectivity index (χ1n) is 11.2. The summed E-state index contributed by atoms with van der Waals surface area (Å²) in [6, 6.07) is 25.5. The van der Waals surface area contributed by atoms with E-state index in [1.165, 1.54) is 17.7 Å². The summed E-state index contributed by atoms with van der Waals surface area (Å²) in [6.45, 7) is 3.71. The Labute approximate surface area is 203 Å². The molecule has 1 aliphatic rings. The zero-order valence-electron chi connectivity index (χ0n) is 18.6. The van der Waals surface area contributed by atoms with Gasteiger partial charge in [0.1, 0.15) is 11.5 Å². The minimum atomic E-state index is -0.343. The quantitative estimate of drug-likeness (QED) is 0.394. The van der Waals surface area contributed by atoms with Gasteiger partial charge in [-0.1, -0.05) is 60.1 Å². The average molecular weight is 475 g/mol. The highest BCUT2D eigenvalue weighted by Gasteiger charge is 2.26. The number of hydrogen-bond donors (Lipinski definition) is 0. The molecule has 0 N–H and O–H groups in total. The van der Waals surface area contributed by atoms with Gasteiger partial charge in [-0.25, -0.2) is 9.07 Å². The van der Waals surface area contributed by atoms with Gasteiger partial charge in [0.2, 0.25) is 0 Å². The van der Waals surface area contributed by atoms with Gasteiger partial charge in [0, 0.05) is 38.3 Å². The number of halogens is 2. The number of carbonyl (C=O) groups is 1. The Morgan fingerprint density at radius 2 is 1.56 bits per heavy atom. The van der Waals surface area contributed by atoms with Crippen LogP contribution in [0.3, 0.4) is 0 Å². The molecule has 0 unspecified atom stereocenters. The number of carbonyl (C=O) groups excluding carboxylic acids is 1. The van der Waals surface area contributed by atoms with Crippen molar-refractivity contribution < 1.29 is 9.18 Å². The van der Waals surface area contributed by atoms with Crippen LogP contribution >= 0.6 is 11.6 Å². The lowest BCUT2D eigenvalue weighted by Gasteiger charge is -2.34. The molecule has 3 aromatic carbocycles. The summed E-state index contributed by atoms with van der Waals surface area (Å²) in [5, 5.41) is 5.24. The van der Waals surface area contributed by atoms with E-state index in [2.05, 4.69) is 22.1 Å². The molecule has 0 radical (unpaired) electrons. The molecule has 1 aromatic heterocycles. The molecule has 172 valence electrons. The second kappa shape index (κ2) is 9.79. The Kier molecular flexibility index (Phi) is 6.43. The van der Waals surface area contributed by atoms with Crippen LogP contribution in [0.1, 0.15) is 16.1 Å². The Morgan fingerprint density at radius 3 is 2.26 bits per heavy atom. The summed E-state index contributed by atoms with van der Waals surface area (Å²) < 4.78 is 15.1. The van der Waals surface area contributed by atoms with Crippen molar-refractivity contribution in [1.82, 2.24) is 19.6 Å². The summed E-state index contributed by atoms with van der Waals surface area (Å²) >= 11 is 6.40. The highest BCUT2D eigenvalue weighted by molar-refractivity contribution is 6.33. The third-order valence-corrected chi connectivity index (χ3v) is 6.39. The van der Waals surface area contributed by atoms with Gasteiger partial charge in [-0.05, 0) is 42.0 Å². The molecule has 4 aromatic rings. The SMILES string of the molecule is O=C(c1cc(-c2ccccc2Cl)nn1-c1ccc(F)cc1)N1CCN(Cc2ccccc2)CC1. The first-order valence-corrected chi connectivity index (χ1v) is 11.6. The lowest BCUT2D eigenvalue weighted by molar-refractivity contribution is 0.0619. The maximum atomic E-state index is 13.6. The Balaban J connectivity index is 1.40. The largest absolute Gasteiger partial charge is 0.335 e. The van der Waals surface area contributed by atoms with Crippen molar-refractivity contribution in [3.8, 4) is 16.9 Å². The summed E-state index contributed by atoms with van der Waals surface area (Å²) in [5.41, 5.74) is 3.65. The van der Waals surface area contributed by atoms with Crippen LogP contribution in [-0.2, 0) is 6.54 Å². The van der Waals surface area contributed by atoms with Crippen molar-refractivity contribution >= 4 is 17.5 Å². The van der Waals surface area contributed by atoms with E-state index in [4.69, 9.17) is 11.6 Å². The standard InChI is InChI=1S/C27H24ClFN4O/c28-24-9-5-4-8-23(24)25-18-26(33(30-25)22-12-10-21(29)11-13-22)27(34)32-16-14-31(15-17-32)19-20-6-2-1-3-7-20/h1-13,18H,14-17,19H2. The van der Waals surface area contributed by atoms with E-state index in [0.717, 1.165) is 25.2 Å². The van der Waals surface area contributed by atoms with Gasteiger partial charge in [0.25, 0.3) is 5.91 Å². The molecule has 1 amide bonds. The Morgan fingerprint density at radius 1 is 0.882 bits per heavy atom. The van der Waals surface area contributed by atoms with E-state index >= 15 is 0 Å². The molecule has 0 saturated carbocycles. The van der Waals surface area contributed by atoms with E-state index in [1.807, 2.05) is 41.3 Å². The number of rotatable bonds is 5. The van der Waals surface area contributed by atoms with Crippen molar-refractivity contribution in [3.63, 3.8) is 0 Å². The first-order chi connectivity index (χ1) is 16.6. The summed E-state index contributed by atoms with van der Waals surface area (Å²) in [4.78, 5) is 17.8. The zero-order chi connectivity index (χ0) is 23.5. The predicted octanol–water partition coefficient (Wildman–Crippen LogP) is 5.29. The molecule has 0 bridgehead atoms. The van der Waals surface area contributed by atoms with E-state index in [-0.39, 0.29) is 11.7 Å². The fraction of sp³-hybridized carbons (Fsp3) is 0.185. The Hall–Kier alpha value is -3.48. The second-order valence-electron chi connectivity index (χ2n) is 8.34. The molecule has 34 heavy (non-hydrogen) atoms. The second-order valence-corrected chi connectivity index (χ2v) is 8.74. The highest BCUT2D eigenvalue weighted by atomic mass is 35.5. The highest BCUT2D eigenvalue weighted by Crippen LogP contribution is 2.29. The summed E-state index contributed by atoms with van der Waals surface area (Å²) in [5.74, 6) is -0.445. The number of aromatic nitrogens is 2. The van der Waals surface area contributed by atoms with Crippen LogP contribution in [0.25, 0.3) is 16.9 Å². The monoisotopic (exact) mass is 474 g/mol. The molecular weight excluding hydrogens is 451 g/mol. The Bertz CT molecular complexity index is 1280. The van der Waals surface area contributed by atoms with Crippen LogP contribution in [0.15, 0.2) is 84.9 Å². The molecule has 5 rings (SSSR count). The summed E-state index contributed by atoms with van der Waals surface area (Å²) in [6.07, 6.45) is 0. The molecule has 1 aliphatic heterocycles. The molecule has 0 atom stereocenters. The van der Waals surface area contributed by atoms with Gasteiger partial charge in [0.15, 0.2) is 0 Å². The van der Waals surface area contributed by atoms with E-state index in [9.17, 15) is 9.18 Å². The van der Waals surface area contributed by atoms with Crippen LogP contribution in [0.5, 0.6) is 0 Å². The fourth-order valence-electron chi connectivity index (χ4n) is 4.23. The normalized spacial score (nSPS) is 14.4. The molecule has 2 heterocycles. The molecule has 0 aliphatic carbocycles. The van der Waals surface area contributed by atoms with Crippen molar-refractivity contribution in [2.24, 2.45) is 0 Å². The van der Waals surface area contributed by atoms with E-state index in [1.54, 1.807) is 28.9 Å². The number of nitrogens with zero attached hydrogens (tertiary/aromatic N) is 4. The molecule has 1 fully saturated rings. The maximum Gasteiger partial charge on any atom is 0.272 e. The number of hydrogen-bond acceptors (Lipinski definition) is 3. The van der Waals surface area contributed by atoms with Crippen LogP contribution in [0, 0.1) is 5.82 Å². The van der Waals surface area contributed by atoms with Crippen LogP contribution in [-0.4, -0.2) is 51.7 Å². The number of amides is 1. The molecule has 5 nitrogen and oxygen atoms in total. The van der Waals surface area contributed by atoms with Gasteiger partial charge in [0.05, 0.1) is 16.4 Å². The third kappa shape index (κ3) is 4.74. The first kappa shape index (κ1) is 22.3. The molecule has 0 spiro atoms. The summed E-state index contributed by atoms with van der Waals surface area (Å²) in [7, 11) is 0. The van der Waals surface area contributed by atoms with Gasteiger partial charge in [-0.15, -0.1) is 0 Å². The van der Waals surface area contributed by atoms with Gasteiger partial charge >= 0.3 is 0 Å². The lowest BCUT2D eigenvalue weighted by Crippen LogP contribution is -2.48. The maximum absolute atomic E-state index is 13.6. The average Bonchev–Trinajstić information content (AvgIpc) is 3.31.